The molecule has 0 unspecified atom stereocenters. The molecule has 0 spiro atoms. The van der Waals surface area contributed by atoms with Crippen LogP contribution in [0.25, 0.3) is 0 Å². The number of ether oxygens (including phenoxy) is 1. The molecule has 2 rings (SSSR count). The van der Waals surface area contributed by atoms with Crippen molar-refractivity contribution >= 4 is 33.0 Å². The lowest BCUT2D eigenvalue weighted by atomic mass is 10.2. The molecule has 0 bridgehead atoms. The lowest BCUT2D eigenvalue weighted by molar-refractivity contribution is -0.384. The van der Waals surface area contributed by atoms with E-state index in [4.69, 9.17) is 4.74 Å². The van der Waals surface area contributed by atoms with E-state index in [0.29, 0.717) is 5.75 Å². The summed E-state index contributed by atoms with van der Waals surface area (Å²) in [5.74, 6) is -0.347. The van der Waals surface area contributed by atoms with Gasteiger partial charge in [0.1, 0.15) is 11.8 Å². The van der Waals surface area contributed by atoms with Gasteiger partial charge in [-0.3, -0.25) is 19.2 Å². The van der Waals surface area contributed by atoms with Gasteiger partial charge in [0.05, 0.1) is 24.0 Å². The second-order valence-electron chi connectivity index (χ2n) is 6.21. The van der Waals surface area contributed by atoms with Gasteiger partial charge in [-0.2, -0.15) is 0 Å². The van der Waals surface area contributed by atoms with Gasteiger partial charge >= 0.3 is 0 Å². The van der Waals surface area contributed by atoms with Crippen molar-refractivity contribution in [1.29, 1.82) is 0 Å². The van der Waals surface area contributed by atoms with E-state index in [1.807, 2.05) is 0 Å². The van der Waals surface area contributed by atoms with Crippen molar-refractivity contribution in [2.45, 2.75) is 19.9 Å². The van der Waals surface area contributed by atoms with E-state index in [2.05, 4.69) is 5.32 Å². The third kappa shape index (κ3) is 4.77. The number of nitrogens with zero attached hydrogens (tertiary/aromatic N) is 2. The summed E-state index contributed by atoms with van der Waals surface area (Å²) < 4.78 is 31.1. The van der Waals surface area contributed by atoms with Gasteiger partial charge in [0.2, 0.25) is 15.9 Å². The number of rotatable bonds is 7. The number of non-ortho nitro benzene ring substituents is 1. The molecule has 0 aliphatic heterocycles. The van der Waals surface area contributed by atoms with Crippen LogP contribution in [0.2, 0.25) is 0 Å². The first-order chi connectivity index (χ1) is 13.0. The van der Waals surface area contributed by atoms with E-state index in [1.54, 1.807) is 25.1 Å². The fraction of sp³-hybridized carbons (Fsp3) is 0.278. The smallest absolute Gasteiger partial charge is 0.271 e. The van der Waals surface area contributed by atoms with Gasteiger partial charge in [0.15, 0.2) is 0 Å². The topological polar surface area (TPSA) is 119 Å². The number of amides is 1. The van der Waals surface area contributed by atoms with E-state index in [-0.39, 0.29) is 17.1 Å². The predicted octanol–water partition coefficient (Wildman–Crippen LogP) is 2.71. The van der Waals surface area contributed by atoms with E-state index >= 15 is 0 Å². The van der Waals surface area contributed by atoms with Crippen molar-refractivity contribution in [2.24, 2.45) is 0 Å². The Morgan fingerprint density at radius 2 is 1.93 bits per heavy atom. The first-order valence-electron chi connectivity index (χ1n) is 8.24. The van der Waals surface area contributed by atoms with Crippen molar-refractivity contribution in [3.8, 4) is 5.75 Å². The highest BCUT2D eigenvalue weighted by atomic mass is 32.2. The van der Waals surface area contributed by atoms with Crippen LogP contribution < -0.4 is 14.4 Å². The number of benzene rings is 2. The summed E-state index contributed by atoms with van der Waals surface area (Å²) in [6, 6.07) is 9.25. The number of methoxy groups -OCH3 is 1. The zero-order valence-electron chi connectivity index (χ0n) is 15.9. The van der Waals surface area contributed by atoms with Crippen molar-refractivity contribution in [2.75, 3.05) is 23.0 Å². The highest BCUT2D eigenvalue weighted by Gasteiger charge is 2.31. The first-order valence-corrected chi connectivity index (χ1v) is 10.1. The van der Waals surface area contributed by atoms with Gasteiger partial charge in [0, 0.05) is 17.8 Å². The summed E-state index contributed by atoms with van der Waals surface area (Å²) in [5, 5.41) is 13.4. The number of aryl methyl sites for hydroxylation is 1. The van der Waals surface area contributed by atoms with Crippen molar-refractivity contribution < 1.29 is 22.9 Å². The molecular formula is C18H21N3O6S. The Morgan fingerprint density at radius 3 is 2.50 bits per heavy atom. The number of hydrogen-bond donors (Lipinski definition) is 1. The minimum atomic E-state index is -3.84. The summed E-state index contributed by atoms with van der Waals surface area (Å²) in [6.07, 6.45) is 0.992. The van der Waals surface area contributed by atoms with Crippen molar-refractivity contribution in [3.63, 3.8) is 0 Å². The second-order valence-corrected chi connectivity index (χ2v) is 8.07. The van der Waals surface area contributed by atoms with Crippen LogP contribution >= 0.6 is 0 Å². The first kappa shape index (κ1) is 21.2. The third-order valence-corrected chi connectivity index (χ3v) is 5.21. The molecule has 1 N–H and O–H groups in total. The van der Waals surface area contributed by atoms with Crippen LogP contribution in [0.5, 0.6) is 5.75 Å². The Bertz CT molecular complexity index is 1010. The molecule has 10 heteroatoms. The highest BCUT2D eigenvalue weighted by Crippen LogP contribution is 2.33. The maximum absolute atomic E-state index is 12.7. The molecule has 1 amide bonds. The largest absolute Gasteiger partial charge is 0.495 e. The fourth-order valence-electron chi connectivity index (χ4n) is 2.70. The van der Waals surface area contributed by atoms with E-state index in [1.165, 1.54) is 38.3 Å². The van der Waals surface area contributed by atoms with Crippen molar-refractivity contribution in [3.05, 3.63) is 58.1 Å². The predicted molar refractivity (Wildman–Crippen MR) is 106 cm³/mol. The zero-order valence-corrected chi connectivity index (χ0v) is 16.7. The lowest BCUT2D eigenvalue weighted by Gasteiger charge is -2.29. The molecule has 150 valence electrons. The summed E-state index contributed by atoms with van der Waals surface area (Å²) in [6.45, 7) is 3.22. The maximum atomic E-state index is 12.7. The Balaban J connectivity index is 2.40. The van der Waals surface area contributed by atoms with E-state index < -0.39 is 26.9 Å². The number of anilines is 2. The Hall–Kier alpha value is -3.14. The molecule has 1 atom stereocenters. The van der Waals surface area contributed by atoms with Crippen LogP contribution in [0.15, 0.2) is 42.5 Å². The fourth-order valence-corrected chi connectivity index (χ4v) is 3.87. The van der Waals surface area contributed by atoms with Crippen LogP contribution in [0.1, 0.15) is 12.5 Å². The molecule has 0 aromatic heterocycles. The number of hydrogen-bond acceptors (Lipinski definition) is 6. The second kappa shape index (κ2) is 8.26. The molecule has 9 nitrogen and oxygen atoms in total. The zero-order chi connectivity index (χ0) is 21.1. The van der Waals surface area contributed by atoms with Crippen molar-refractivity contribution in [1.82, 2.24) is 0 Å². The molecule has 0 heterocycles. The Morgan fingerprint density at radius 1 is 1.25 bits per heavy atom. The van der Waals surface area contributed by atoms with Crippen LogP contribution in [0.4, 0.5) is 17.1 Å². The standard InChI is InChI=1S/C18H21N3O6S/c1-12-8-9-17(27-3)16(10-12)20(28(4,25)26)13(2)18(22)19-14-6-5-7-15(11-14)21(23)24/h5-11,13H,1-4H3,(H,19,22)/t13-/m0/s1. The normalized spacial score (nSPS) is 12.1. The monoisotopic (exact) mass is 407 g/mol. The number of carbonyl (C=O) groups is 1. The number of carbonyl (C=O) groups excluding carboxylic acids is 1. The Labute approximate surface area is 163 Å². The summed E-state index contributed by atoms with van der Waals surface area (Å²) in [4.78, 5) is 23.0. The molecule has 2 aromatic rings. The van der Waals surface area contributed by atoms with E-state index in [9.17, 15) is 23.3 Å². The number of nitrogens with one attached hydrogen (secondary N) is 1. The highest BCUT2D eigenvalue weighted by molar-refractivity contribution is 7.92. The van der Waals surface area contributed by atoms with Gasteiger partial charge in [-0.05, 0) is 37.6 Å². The minimum Gasteiger partial charge on any atom is -0.495 e. The molecule has 0 aliphatic carbocycles. The van der Waals surface area contributed by atoms with Gasteiger partial charge in [0.25, 0.3) is 5.69 Å². The van der Waals surface area contributed by atoms with Gasteiger partial charge in [-0.25, -0.2) is 8.42 Å². The molecule has 0 saturated carbocycles. The quantitative estimate of drug-likeness (QED) is 0.557. The lowest BCUT2D eigenvalue weighted by Crippen LogP contribution is -2.45. The van der Waals surface area contributed by atoms with Crippen LogP contribution in [-0.4, -0.2) is 38.7 Å². The average Bonchev–Trinajstić information content (AvgIpc) is 2.61. The molecular weight excluding hydrogens is 386 g/mol. The number of nitro groups is 1. The van der Waals surface area contributed by atoms with Gasteiger partial charge in [-0.1, -0.05) is 12.1 Å². The molecule has 0 saturated heterocycles. The third-order valence-electron chi connectivity index (χ3n) is 3.98. The molecule has 28 heavy (non-hydrogen) atoms. The summed E-state index contributed by atoms with van der Waals surface area (Å²) in [5.41, 5.74) is 1.02. The maximum Gasteiger partial charge on any atom is 0.271 e. The molecule has 0 aliphatic rings. The van der Waals surface area contributed by atoms with Crippen LogP contribution in [-0.2, 0) is 14.8 Å². The Kier molecular flexibility index (Phi) is 6.24. The average molecular weight is 407 g/mol. The van der Waals surface area contributed by atoms with E-state index in [0.717, 1.165) is 16.1 Å². The summed E-state index contributed by atoms with van der Waals surface area (Å²) in [7, 11) is -2.44. The number of nitro benzene ring substituents is 1. The number of sulfonamides is 1. The molecule has 2 aromatic carbocycles. The SMILES string of the molecule is COc1ccc(C)cc1N([C@@H](C)C(=O)Nc1cccc([N+](=O)[O-])c1)S(C)(=O)=O. The molecule has 0 fully saturated rings. The van der Waals surface area contributed by atoms with Gasteiger partial charge in [-0.15, -0.1) is 0 Å². The van der Waals surface area contributed by atoms with Crippen LogP contribution in [0, 0.1) is 17.0 Å². The minimum absolute atomic E-state index is 0.189. The molecule has 0 radical (unpaired) electrons. The van der Waals surface area contributed by atoms with Crippen LogP contribution in [0.3, 0.4) is 0 Å². The van der Waals surface area contributed by atoms with Gasteiger partial charge < -0.3 is 10.1 Å². The summed E-state index contributed by atoms with van der Waals surface area (Å²) >= 11 is 0.